The van der Waals surface area contributed by atoms with Gasteiger partial charge in [-0.15, -0.1) is 0 Å². The van der Waals surface area contributed by atoms with Crippen LogP contribution in [0.2, 0.25) is 0 Å². The Morgan fingerprint density at radius 2 is 1.95 bits per heavy atom. The highest BCUT2D eigenvalue weighted by Crippen LogP contribution is 2.17. The molecule has 1 aliphatic carbocycles. The van der Waals surface area contributed by atoms with Crippen molar-refractivity contribution in [3.63, 3.8) is 0 Å². The van der Waals surface area contributed by atoms with Gasteiger partial charge in [0.25, 0.3) is 0 Å². The van der Waals surface area contributed by atoms with Gasteiger partial charge in [-0.1, -0.05) is 25.7 Å². The lowest BCUT2D eigenvalue weighted by molar-refractivity contribution is -0.139. The predicted molar refractivity (Wildman–Crippen MR) is 80.9 cm³/mol. The minimum absolute atomic E-state index is 0.106. The number of carbonyl (C=O) groups is 2. The van der Waals surface area contributed by atoms with Crippen LogP contribution in [0.1, 0.15) is 56.8 Å². The Morgan fingerprint density at radius 3 is 2.59 bits per heavy atom. The van der Waals surface area contributed by atoms with E-state index in [1.54, 1.807) is 12.1 Å². The van der Waals surface area contributed by atoms with Crippen molar-refractivity contribution in [3.8, 4) is 0 Å². The number of rotatable bonds is 5. The summed E-state index contributed by atoms with van der Waals surface area (Å²) < 4.78 is 5.07. The van der Waals surface area contributed by atoms with Gasteiger partial charge in [0.2, 0.25) is 0 Å². The summed E-state index contributed by atoms with van der Waals surface area (Å²) in [7, 11) is 0. The standard InChI is InChI=1S/C16H24N2O4/c19-13(14-8-5-11-22-14)9-10-17-15(20)16(21)18-12-6-3-1-2-4-7-12/h5,8,11-13,19H,1-4,6-7,9-10H2,(H,17,20)(H,18,21). The first-order valence-electron chi connectivity index (χ1n) is 7.97. The maximum absolute atomic E-state index is 11.8. The van der Waals surface area contributed by atoms with Crippen LogP contribution in [0.3, 0.4) is 0 Å². The molecule has 22 heavy (non-hydrogen) atoms. The largest absolute Gasteiger partial charge is 0.467 e. The maximum Gasteiger partial charge on any atom is 0.309 e. The van der Waals surface area contributed by atoms with Gasteiger partial charge in [-0.3, -0.25) is 9.59 Å². The van der Waals surface area contributed by atoms with E-state index in [2.05, 4.69) is 10.6 Å². The Bertz CT molecular complexity index is 465. The molecule has 1 heterocycles. The molecule has 6 heteroatoms. The van der Waals surface area contributed by atoms with Gasteiger partial charge in [0.1, 0.15) is 11.9 Å². The number of hydrogen-bond donors (Lipinski definition) is 3. The molecule has 1 atom stereocenters. The third-order valence-electron chi connectivity index (χ3n) is 3.97. The minimum Gasteiger partial charge on any atom is -0.467 e. The molecular weight excluding hydrogens is 284 g/mol. The summed E-state index contributed by atoms with van der Waals surface area (Å²) >= 11 is 0. The van der Waals surface area contributed by atoms with E-state index in [0.29, 0.717) is 12.2 Å². The highest BCUT2D eigenvalue weighted by molar-refractivity contribution is 6.35. The molecule has 1 aliphatic rings. The van der Waals surface area contributed by atoms with Gasteiger partial charge in [0.15, 0.2) is 0 Å². The lowest BCUT2D eigenvalue weighted by Crippen LogP contribution is -2.44. The molecule has 3 N–H and O–H groups in total. The molecule has 1 unspecified atom stereocenters. The summed E-state index contributed by atoms with van der Waals surface area (Å²) in [4.78, 5) is 23.6. The Labute approximate surface area is 130 Å². The van der Waals surface area contributed by atoms with Crippen molar-refractivity contribution in [1.82, 2.24) is 10.6 Å². The summed E-state index contributed by atoms with van der Waals surface area (Å²) in [6.07, 6.45) is 7.48. The third kappa shape index (κ3) is 5.18. The lowest BCUT2D eigenvalue weighted by Gasteiger charge is -2.16. The van der Waals surface area contributed by atoms with Crippen LogP contribution in [0.25, 0.3) is 0 Å². The molecule has 1 saturated carbocycles. The molecule has 0 bridgehead atoms. The van der Waals surface area contributed by atoms with Crippen LogP contribution in [0.5, 0.6) is 0 Å². The molecule has 6 nitrogen and oxygen atoms in total. The summed E-state index contributed by atoms with van der Waals surface area (Å²) in [6.45, 7) is 0.221. The molecule has 122 valence electrons. The number of hydrogen-bond acceptors (Lipinski definition) is 4. The number of aliphatic hydroxyl groups excluding tert-OH is 1. The van der Waals surface area contributed by atoms with Crippen molar-refractivity contribution in [3.05, 3.63) is 24.2 Å². The van der Waals surface area contributed by atoms with E-state index in [-0.39, 0.29) is 12.6 Å². The monoisotopic (exact) mass is 308 g/mol. The topological polar surface area (TPSA) is 91.6 Å². The molecule has 1 aromatic heterocycles. The van der Waals surface area contributed by atoms with E-state index in [4.69, 9.17) is 4.42 Å². The maximum atomic E-state index is 11.8. The fourth-order valence-electron chi connectivity index (χ4n) is 2.70. The van der Waals surface area contributed by atoms with Gasteiger partial charge in [-0.2, -0.15) is 0 Å². The van der Waals surface area contributed by atoms with Gasteiger partial charge in [0, 0.05) is 12.6 Å². The Hall–Kier alpha value is -1.82. The average Bonchev–Trinajstić information content (AvgIpc) is 2.93. The average molecular weight is 308 g/mol. The third-order valence-corrected chi connectivity index (χ3v) is 3.97. The number of carbonyl (C=O) groups excluding carboxylic acids is 2. The van der Waals surface area contributed by atoms with E-state index in [1.165, 1.54) is 19.1 Å². The quantitative estimate of drug-likeness (QED) is 0.570. The molecule has 0 saturated heterocycles. The molecule has 0 aliphatic heterocycles. The fourth-order valence-corrected chi connectivity index (χ4v) is 2.70. The van der Waals surface area contributed by atoms with Crippen LogP contribution < -0.4 is 10.6 Å². The highest BCUT2D eigenvalue weighted by Gasteiger charge is 2.20. The van der Waals surface area contributed by atoms with Crippen LogP contribution in [-0.4, -0.2) is 29.5 Å². The number of amides is 2. The summed E-state index contributed by atoms with van der Waals surface area (Å²) in [5, 5.41) is 15.1. The van der Waals surface area contributed by atoms with Crippen LogP contribution in [0, 0.1) is 0 Å². The Balaban J connectivity index is 1.66. The highest BCUT2D eigenvalue weighted by atomic mass is 16.4. The zero-order chi connectivity index (χ0) is 15.8. The van der Waals surface area contributed by atoms with Crippen molar-refractivity contribution in [2.45, 2.75) is 57.1 Å². The number of nitrogens with one attached hydrogen (secondary N) is 2. The molecule has 0 radical (unpaired) electrons. The van der Waals surface area contributed by atoms with E-state index in [1.807, 2.05) is 0 Å². The molecule has 2 rings (SSSR count). The smallest absolute Gasteiger partial charge is 0.309 e. The first-order valence-corrected chi connectivity index (χ1v) is 7.97. The normalized spacial score (nSPS) is 17.5. The van der Waals surface area contributed by atoms with Crippen LogP contribution >= 0.6 is 0 Å². The van der Waals surface area contributed by atoms with Crippen LogP contribution in [0.4, 0.5) is 0 Å². The van der Waals surface area contributed by atoms with Gasteiger partial charge in [0.05, 0.1) is 6.26 Å². The van der Waals surface area contributed by atoms with Crippen molar-refractivity contribution in [2.24, 2.45) is 0 Å². The SMILES string of the molecule is O=C(NCCC(O)c1ccco1)C(=O)NC1CCCCCC1. The summed E-state index contributed by atoms with van der Waals surface area (Å²) in [5.74, 6) is -0.771. The van der Waals surface area contributed by atoms with E-state index >= 15 is 0 Å². The van der Waals surface area contributed by atoms with Gasteiger partial charge in [-0.05, 0) is 31.4 Å². The van der Waals surface area contributed by atoms with E-state index in [9.17, 15) is 14.7 Å². The first kappa shape index (κ1) is 16.5. The summed E-state index contributed by atoms with van der Waals surface area (Å²) in [6, 6.07) is 3.47. The molecular formula is C16H24N2O4. The zero-order valence-electron chi connectivity index (χ0n) is 12.7. The number of aliphatic hydroxyl groups is 1. The molecule has 0 spiro atoms. The molecule has 1 fully saturated rings. The number of furan rings is 1. The van der Waals surface area contributed by atoms with Crippen molar-refractivity contribution >= 4 is 11.8 Å². The van der Waals surface area contributed by atoms with Crippen molar-refractivity contribution < 1.29 is 19.1 Å². The van der Waals surface area contributed by atoms with Gasteiger partial charge in [-0.25, -0.2) is 0 Å². The second-order valence-electron chi connectivity index (χ2n) is 5.74. The Kier molecular flexibility index (Phi) is 6.45. The van der Waals surface area contributed by atoms with E-state index in [0.717, 1.165) is 25.7 Å². The minimum atomic E-state index is -0.778. The predicted octanol–water partition coefficient (Wildman–Crippen LogP) is 1.66. The van der Waals surface area contributed by atoms with Crippen molar-refractivity contribution in [1.29, 1.82) is 0 Å². The molecule has 2 amide bonds. The fraction of sp³-hybridized carbons (Fsp3) is 0.625. The van der Waals surface area contributed by atoms with Crippen molar-refractivity contribution in [2.75, 3.05) is 6.54 Å². The second kappa shape index (κ2) is 8.58. The zero-order valence-corrected chi connectivity index (χ0v) is 12.7. The lowest BCUT2D eigenvalue weighted by atomic mass is 10.1. The van der Waals surface area contributed by atoms with E-state index < -0.39 is 17.9 Å². The Morgan fingerprint density at radius 1 is 1.23 bits per heavy atom. The van der Waals surface area contributed by atoms with Gasteiger partial charge >= 0.3 is 11.8 Å². The van der Waals surface area contributed by atoms with Gasteiger partial charge < -0.3 is 20.2 Å². The molecule has 0 aromatic carbocycles. The second-order valence-corrected chi connectivity index (χ2v) is 5.74. The first-order chi connectivity index (χ1) is 10.7. The van der Waals surface area contributed by atoms with Crippen LogP contribution in [0.15, 0.2) is 22.8 Å². The molecule has 1 aromatic rings. The van der Waals surface area contributed by atoms with Crippen LogP contribution in [-0.2, 0) is 9.59 Å². The summed E-state index contributed by atoms with van der Waals surface area (Å²) in [5.41, 5.74) is 0.